The van der Waals surface area contributed by atoms with Crippen LogP contribution in [0.15, 0.2) is 107 Å². The lowest BCUT2D eigenvalue weighted by Gasteiger charge is -2.25. The van der Waals surface area contributed by atoms with Crippen molar-refractivity contribution < 1.29 is 26.7 Å². The van der Waals surface area contributed by atoms with Crippen LogP contribution < -0.4 is 5.43 Å². The van der Waals surface area contributed by atoms with Gasteiger partial charge in [0.15, 0.2) is 22.9 Å². The summed E-state index contributed by atoms with van der Waals surface area (Å²) in [5.41, 5.74) is 1.69. The molecule has 0 aliphatic rings. The van der Waals surface area contributed by atoms with E-state index in [-0.39, 0.29) is 48.7 Å². The van der Waals surface area contributed by atoms with E-state index in [4.69, 9.17) is 0 Å². The van der Waals surface area contributed by atoms with Crippen LogP contribution in [0, 0.1) is 11.6 Å². The number of carbonyl (C=O) groups excluding carboxylic acids is 1. The number of H-pyrrole nitrogens is 1. The third kappa shape index (κ3) is 7.86. The van der Waals surface area contributed by atoms with Crippen LogP contribution in [-0.2, 0) is 36.2 Å². The molecule has 2 heterocycles. The average molecular weight is 691 g/mol. The van der Waals surface area contributed by atoms with Gasteiger partial charge in [0, 0.05) is 42.3 Å². The lowest BCUT2D eigenvalue weighted by molar-refractivity contribution is -0.137. The molecule has 0 aliphatic heterocycles. The number of hydrogen-bond acceptors (Lipinski definition) is 6. The number of amides is 1. The Kier molecular flexibility index (Phi) is 9.85. The van der Waals surface area contributed by atoms with Crippen LogP contribution in [0.2, 0.25) is 0 Å². The normalized spacial score (nSPS) is 11.6. The molecule has 4 aromatic carbocycles. The van der Waals surface area contributed by atoms with Gasteiger partial charge in [-0.3, -0.25) is 9.59 Å². The number of alkyl halides is 3. The predicted molar refractivity (Wildman–Crippen MR) is 174 cm³/mol. The Labute approximate surface area is 280 Å². The van der Waals surface area contributed by atoms with E-state index < -0.39 is 23.4 Å². The predicted octanol–water partition coefficient (Wildman–Crippen LogP) is 7.04. The monoisotopic (exact) mass is 690 g/mol. The van der Waals surface area contributed by atoms with Gasteiger partial charge in [-0.1, -0.05) is 65.9 Å². The van der Waals surface area contributed by atoms with Crippen molar-refractivity contribution in [1.29, 1.82) is 0 Å². The van der Waals surface area contributed by atoms with E-state index in [0.717, 1.165) is 35.5 Å². The Balaban J connectivity index is 1.27. The number of hydrogen-bond donors (Lipinski definition) is 1. The summed E-state index contributed by atoms with van der Waals surface area (Å²) in [5.74, 6) is -1.84. The molecule has 0 saturated carbocycles. The van der Waals surface area contributed by atoms with Crippen LogP contribution in [0.1, 0.15) is 22.5 Å². The fourth-order valence-corrected chi connectivity index (χ4v) is 6.36. The van der Waals surface area contributed by atoms with Crippen molar-refractivity contribution in [2.24, 2.45) is 0 Å². The molecule has 0 fully saturated rings. The molecule has 0 unspecified atom stereocenters. The highest BCUT2D eigenvalue weighted by Crippen LogP contribution is 2.31. The highest BCUT2D eigenvalue weighted by Gasteiger charge is 2.30. The minimum atomic E-state index is -4.43. The van der Waals surface area contributed by atoms with Crippen molar-refractivity contribution in [2.75, 3.05) is 6.54 Å². The van der Waals surface area contributed by atoms with E-state index in [1.165, 1.54) is 30.3 Å². The van der Waals surface area contributed by atoms with Crippen LogP contribution in [0.3, 0.4) is 0 Å². The van der Waals surface area contributed by atoms with E-state index in [1.807, 2.05) is 0 Å². The summed E-state index contributed by atoms with van der Waals surface area (Å²) in [6.07, 6.45) is -4.14. The molecule has 8 nitrogen and oxygen atoms in total. The molecule has 14 heteroatoms. The third-order valence-corrected chi connectivity index (χ3v) is 8.99. The van der Waals surface area contributed by atoms with Gasteiger partial charge in [0.1, 0.15) is 6.54 Å². The number of aromatic nitrogens is 5. The second kappa shape index (κ2) is 14.4. The van der Waals surface area contributed by atoms with Crippen molar-refractivity contribution in [1.82, 2.24) is 30.1 Å². The highest BCUT2D eigenvalue weighted by atomic mass is 32.2. The van der Waals surface area contributed by atoms with E-state index >= 15 is 0 Å². The lowest BCUT2D eigenvalue weighted by Crippen LogP contribution is -2.35. The van der Waals surface area contributed by atoms with Crippen LogP contribution in [0.4, 0.5) is 22.0 Å². The zero-order valence-electron chi connectivity index (χ0n) is 25.6. The SMILES string of the molecule is O=C(Cn1c(SCc2cccc(F)c2F)cc(=O)c2ccccc21)N(CCc1nn[nH]n1)Cc1ccc(-c2ccc(C(F)(F)F)cc2)cc1. The van der Waals surface area contributed by atoms with E-state index in [2.05, 4.69) is 20.6 Å². The van der Waals surface area contributed by atoms with Gasteiger partial charge in [0.05, 0.1) is 16.1 Å². The minimum absolute atomic E-state index is 0.0163. The number of halogens is 5. The number of nitrogens with zero attached hydrogens (tertiary/aromatic N) is 5. The van der Waals surface area contributed by atoms with Gasteiger partial charge in [-0.25, -0.2) is 8.78 Å². The number of para-hydroxylation sites is 1. The molecule has 0 bridgehead atoms. The average Bonchev–Trinajstić information content (AvgIpc) is 3.62. The molecule has 0 radical (unpaired) electrons. The Morgan fingerprint density at radius 1 is 0.898 bits per heavy atom. The Morgan fingerprint density at radius 3 is 2.31 bits per heavy atom. The number of carbonyl (C=O) groups is 1. The molecule has 0 spiro atoms. The van der Waals surface area contributed by atoms with Gasteiger partial charge in [-0.2, -0.15) is 18.4 Å². The van der Waals surface area contributed by atoms with E-state index in [0.29, 0.717) is 32.9 Å². The van der Waals surface area contributed by atoms with Crippen molar-refractivity contribution in [2.45, 2.75) is 36.5 Å². The number of tetrazole rings is 1. The number of fused-ring (bicyclic) bond motifs is 1. The molecule has 0 saturated heterocycles. The number of aromatic amines is 1. The van der Waals surface area contributed by atoms with Gasteiger partial charge in [-0.05, 0) is 47.0 Å². The first-order valence-corrected chi connectivity index (χ1v) is 16.0. The Hall–Kier alpha value is -5.37. The molecular formula is C35H27F5N6O2S. The number of nitrogens with one attached hydrogen (secondary N) is 1. The number of rotatable bonds is 11. The maximum Gasteiger partial charge on any atom is 0.416 e. The zero-order valence-corrected chi connectivity index (χ0v) is 26.4. The lowest BCUT2D eigenvalue weighted by atomic mass is 10.0. The first-order valence-electron chi connectivity index (χ1n) is 15.0. The van der Waals surface area contributed by atoms with E-state index in [1.54, 1.807) is 58.0 Å². The topological polar surface area (TPSA) is 96.8 Å². The van der Waals surface area contributed by atoms with Crippen LogP contribution >= 0.6 is 11.8 Å². The summed E-state index contributed by atoms with van der Waals surface area (Å²) in [4.78, 5) is 28.7. The van der Waals surface area contributed by atoms with Crippen molar-refractivity contribution in [3.63, 3.8) is 0 Å². The molecule has 49 heavy (non-hydrogen) atoms. The Bertz CT molecular complexity index is 2140. The summed E-state index contributed by atoms with van der Waals surface area (Å²) >= 11 is 1.11. The molecule has 2 aromatic heterocycles. The minimum Gasteiger partial charge on any atom is -0.336 e. The summed E-state index contributed by atoms with van der Waals surface area (Å²) in [5, 5.41) is 14.7. The fraction of sp³-hybridized carbons (Fsp3) is 0.171. The first-order chi connectivity index (χ1) is 23.6. The number of pyridine rings is 1. The Morgan fingerprint density at radius 2 is 1.61 bits per heavy atom. The van der Waals surface area contributed by atoms with Crippen molar-refractivity contribution in [3.05, 3.63) is 141 Å². The molecule has 6 aromatic rings. The molecule has 0 atom stereocenters. The second-order valence-corrected chi connectivity index (χ2v) is 12.1. The molecule has 1 amide bonds. The summed E-state index contributed by atoms with van der Waals surface area (Å²) in [7, 11) is 0. The standard InChI is InChI=1S/C35H27F5N6O2S/c36-28-6-3-4-25(34(28)37)21-49-33-18-30(47)27-5-1-2-7-29(27)46(33)20-32(48)45(17-16-31-41-43-44-42-31)19-22-8-10-23(11-9-22)24-12-14-26(15-13-24)35(38,39)40/h1-15,18H,16-17,19-21H2,(H,41,42,43,44). The summed E-state index contributed by atoms with van der Waals surface area (Å²) in [6, 6.07) is 24.1. The molecule has 1 N–H and O–H groups in total. The smallest absolute Gasteiger partial charge is 0.336 e. The molecular weight excluding hydrogens is 663 g/mol. The quantitative estimate of drug-likeness (QED) is 0.116. The van der Waals surface area contributed by atoms with Crippen LogP contribution in [0.5, 0.6) is 0 Å². The van der Waals surface area contributed by atoms with E-state index in [9.17, 15) is 31.5 Å². The largest absolute Gasteiger partial charge is 0.416 e. The fourth-order valence-electron chi connectivity index (χ4n) is 5.32. The van der Waals surface area contributed by atoms with Gasteiger partial charge in [-0.15, -0.1) is 22.0 Å². The van der Waals surface area contributed by atoms with Gasteiger partial charge in [0.25, 0.3) is 0 Å². The molecule has 250 valence electrons. The summed E-state index contributed by atoms with van der Waals surface area (Å²) < 4.78 is 69.1. The van der Waals surface area contributed by atoms with Crippen LogP contribution in [0.25, 0.3) is 22.0 Å². The van der Waals surface area contributed by atoms with Gasteiger partial charge in [0.2, 0.25) is 5.91 Å². The van der Waals surface area contributed by atoms with Crippen molar-refractivity contribution in [3.8, 4) is 11.1 Å². The second-order valence-electron chi connectivity index (χ2n) is 11.1. The van der Waals surface area contributed by atoms with Gasteiger partial charge >= 0.3 is 6.18 Å². The maximum atomic E-state index is 14.5. The molecule has 6 rings (SSSR count). The summed E-state index contributed by atoms with van der Waals surface area (Å²) in [6.45, 7) is 0.220. The van der Waals surface area contributed by atoms with Crippen molar-refractivity contribution >= 4 is 28.6 Å². The molecule has 0 aliphatic carbocycles. The first kappa shape index (κ1) is 33.5. The zero-order chi connectivity index (χ0) is 34.5. The van der Waals surface area contributed by atoms with Crippen LogP contribution in [-0.4, -0.2) is 42.5 Å². The third-order valence-electron chi connectivity index (χ3n) is 7.90. The van der Waals surface area contributed by atoms with Gasteiger partial charge < -0.3 is 9.47 Å². The maximum absolute atomic E-state index is 14.5. The number of benzene rings is 4. The number of thioether (sulfide) groups is 1. The highest BCUT2D eigenvalue weighted by molar-refractivity contribution is 7.98.